The van der Waals surface area contributed by atoms with Crippen LogP contribution in [0.2, 0.25) is 0 Å². The summed E-state index contributed by atoms with van der Waals surface area (Å²) in [7, 11) is 0. The second-order valence-electron chi connectivity index (χ2n) is 6.14. The first kappa shape index (κ1) is 22.2. The van der Waals surface area contributed by atoms with Crippen LogP contribution in [0.15, 0.2) is 60.9 Å². The molecule has 0 aliphatic heterocycles. The molecule has 8 nitrogen and oxygen atoms in total. The zero-order valence-electron chi connectivity index (χ0n) is 15.2. The minimum atomic E-state index is -0.408. The van der Waals surface area contributed by atoms with Gasteiger partial charge in [-0.15, -0.1) is 0 Å². The summed E-state index contributed by atoms with van der Waals surface area (Å²) in [6, 6.07) is 15.4. The largest absolute Gasteiger partial charge is 0.361 e. The molecular formula is C20H20CuN4O4. The third-order valence-corrected chi connectivity index (χ3v) is 4.30. The van der Waals surface area contributed by atoms with Crippen LogP contribution in [-0.2, 0) is 39.5 Å². The van der Waals surface area contributed by atoms with Crippen molar-refractivity contribution in [3.8, 4) is 0 Å². The van der Waals surface area contributed by atoms with Crippen molar-refractivity contribution in [2.24, 2.45) is 0 Å². The number of nitrogens with one attached hydrogen (secondary N) is 4. The van der Waals surface area contributed by atoms with Crippen LogP contribution in [0.3, 0.4) is 0 Å². The Labute approximate surface area is 176 Å². The van der Waals surface area contributed by atoms with Crippen LogP contribution in [0, 0.1) is 0 Å². The molecule has 0 unspecified atom stereocenters. The van der Waals surface area contributed by atoms with E-state index in [1.807, 2.05) is 48.5 Å². The standard InChI is InChI=1S/2C10H10N2O2.Cu/c2*13-10(12-14)5-7-6-11-9-4-2-1-3-8(7)9;/h2*1-4,6,11,14H,5H2,(H,12,13);. The molecule has 2 aromatic carbocycles. The second-order valence-corrected chi connectivity index (χ2v) is 6.14. The summed E-state index contributed by atoms with van der Waals surface area (Å²) in [6.07, 6.45) is 3.92. The number of carbonyl (C=O) groups excluding carboxylic acids is 2. The smallest absolute Gasteiger partial charge is 0.247 e. The molecule has 0 saturated carbocycles. The van der Waals surface area contributed by atoms with Crippen LogP contribution < -0.4 is 11.0 Å². The van der Waals surface area contributed by atoms with E-state index in [4.69, 9.17) is 10.4 Å². The summed E-state index contributed by atoms with van der Waals surface area (Å²) in [5.41, 5.74) is 6.98. The molecule has 9 heteroatoms. The average molecular weight is 444 g/mol. The van der Waals surface area contributed by atoms with E-state index in [9.17, 15) is 9.59 Å². The molecule has 0 atom stereocenters. The molecule has 4 aromatic rings. The Morgan fingerprint density at radius 1 is 0.724 bits per heavy atom. The van der Waals surface area contributed by atoms with Crippen LogP contribution in [0.25, 0.3) is 21.8 Å². The van der Waals surface area contributed by atoms with Gasteiger partial charge in [0.1, 0.15) is 0 Å². The predicted molar refractivity (Wildman–Crippen MR) is 104 cm³/mol. The van der Waals surface area contributed by atoms with Gasteiger partial charge in [-0.1, -0.05) is 36.4 Å². The SMILES string of the molecule is O=C(Cc1c[nH]c2ccccc12)NO.O=C(Cc1c[nH]c2ccccc12)NO.[Cu]. The monoisotopic (exact) mass is 443 g/mol. The van der Waals surface area contributed by atoms with E-state index in [2.05, 4.69) is 9.97 Å². The number of hydrogen-bond donors (Lipinski definition) is 6. The fourth-order valence-corrected chi connectivity index (χ4v) is 2.98. The molecule has 0 spiro atoms. The van der Waals surface area contributed by atoms with E-state index in [-0.39, 0.29) is 29.9 Å². The number of rotatable bonds is 4. The summed E-state index contributed by atoms with van der Waals surface area (Å²) >= 11 is 0. The van der Waals surface area contributed by atoms with E-state index in [0.717, 1.165) is 32.9 Å². The van der Waals surface area contributed by atoms with E-state index in [1.165, 1.54) is 0 Å². The number of aromatic amines is 2. The number of H-pyrrole nitrogens is 2. The maximum atomic E-state index is 10.9. The minimum absolute atomic E-state index is 0. The van der Waals surface area contributed by atoms with Gasteiger partial charge >= 0.3 is 0 Å². The average Bonchev–Trinajstić information content (AvgIpc) is 3.33. The number of aromatic nitrogens is 2. The first-order chi connectivity index (χ1) is 13.6. The van der Waals surface area contributed by atoms with Gasteiger partial charge in [-0.25, -0.2) is 11.0 Å². The van der Waals surface area contributed by atoms with Gasteiger partial charge in [0.15, 0.2) is 0 Å². The maximum Gasteiger partial charge on any atom is 0.247 e. The van der Waals surface area contributed by atoms with Crippen molar-refractivity contribution in [3.63, 3.8) is 0 Å². The van der Waals surface area contributed by atoms with Gasteiger partial charge in [-0.3, -0.25) is 20.0 Å². The predicted octanol–water partition coefficient (Wildman–Crippen LogP) is 2.43. The van der Waals surface area contributed by atoms with Crippen LogP contribution in [-0.4, -0.2) is 32.2 Å². The van der Waals surface area contributed by atoms with Crippen molar-refractivity contribution >= 4 is 33.6 Å². The molecule has 0 aliphatic carbocycles. The molecule has 0 saturated heterocycles. The molecule has 1 radical (unpaired) electrons. The first-order valence-electron chi connectivity index (χ1n) is 8.58. The Morgan fingerprint density at radius 2 is 1.10 bits per heavy atom. The van der Waals surface area contributed by atoms with Gasteiger partial charge in [0.25, 0.3) is 0 Å². The van der Waals surface area contributed by atoms with E-state index in [1.54, 1.807) is 23.4 Å². The van der Waals surface area contributed by atoms with Crippen molar-refractivity contribution in [2.45, 2.75) is 12.8 Å². The number of amides is 2. The van der Waals surface area contributed by atoms with Gasteiger partial charge in [0, 0.05) is 51.3 Å². The summed E-state index contributed by atoms with van der Waals surface area (Å²) in [5, 5.41) is 18.8. The number of benzene rings is 2. The fraction of sp³-hybridized carbons (Fsp3) is 0.100. The van der Waals surface area contributed by atoms with Crippen molar-refractivity contribution in [1.29, 1.82) is 0 Å². The summed E-state index contributed by atoms with van der Waals surface area (Å²) in [4.78, 5) is 28.0. The molecule has 2 heterocycles. The van der Waals surface area contributed by atoms with Gasteiger partial charge in [0.05, 0.1) is 12.8 Å². The number of hydrogen-bond acceptors (Lipinski definition) is 4. The molecule has 6 N–H and O–H groups in total. The zero-order valence-corrected chi connectivity index (χ0v) is 16.1. The zero-order chi connectivity index (χ0) is 19.9. The number of carbonyl (C=O) groups is 2. The first-order valence-corrected chi connectivity index (χ1v) is 8.58. The molecular weight excluding hydrogens is 424 g/mol. The maximum absolute atomic E-state index is 10.9. The molecule has 2 amide bonds. The Balaban J connectivity index is 0.000000200. The van der Waals surface area contributed by atoms with Crippen molar-refractivity contribution < 1.29 is 37.1 Å². The summed E-state index contributed by atoms with van der Waals surface area (Å²) in [5.74, 6) is -0.815. The molecule has 2 aromatic heterocycles. The Hall–Kier alpha value is -3.10. The molecule has 155 valence electrons. The van der Waals surface area contributed by atoms with Crippen LogP contribution in [0.1, 0.15) is 11.1 Å². The third kappa shape index (κ3) is 5.46. The molecule has 29 heavy (non-hydrogen) atoms. The van der Waals surface area contributed by atoms with E-state index in [0.29, 0.717) is 0 Å². The van der Waals surface area contributed by atoms with Gasteiger partial charge in [0.2, 0.25) is 11.8 Å². The van der Waals surface area contributed by atoms with Crippen molar-refractivity contribution in [3.05, 3.63) is 72.1 Å². The fourth-order valence-electron chi connectivity index (χ4n) is 2.98. The third-order valence-electron chi connectivity index (χ3n) is 4.30. The molecule has 0 bridgehead atoms. The summed E-state index contributed by atoms with van der Waals surface area (Å²) < 4.78 is 0. The minimum Gasteiger partial charge on any atom is -0.361 e. The topological polar surface area (TPSA) is 130 Å². The Bertz CT molecular complexity index is 1020. The number of para-hydroxylation sites is 2. The summed E-state index contributed by atoms with van der Waals surface area (Å²) in [6.45, 7) is 0. The van der Waals surface area contributed by atoms with Crippen molar-refractivity contribution in [1.82, 2.24) is 20.9 Å². The van der Waals surface area contributed by atoms with Gasteiger partial charge < -0.3 is 9.97 Å². The molecule has 0 fully saturated rings. The van der Waals surface area contributed by atoms with Gasteiger partial charge in [-0.05, 0) is 23.3 Å². The van der Waals surface area contributed by atoms with Crippen LogP contribution in [0.4, 0.5) is 0 Å². The van der Waals surface area contributed by atoms with Crippen LogP contribution >= 0.6 is 0 Å². The van der Waals surface area contributed by atoms with E-state index < -0.39 is 11.8 Å². The Kier molecular flexibility index (Phi) is 7.99. The Morgan fingerprint density at radius 3 is 1.48 bits per heavy atom. The van der Waals surface area contributed by atoms with Crippen LogP contribution in [0.5, 0.6) is 0 Å². The van der Waals surface area contributed by atoms with E-state index >= 15 is 0 Å². The number of fused-ring (bicyclic) bond motifs is 2. The van der Waals surface area contributed by atoms with Gasteiger partial charge in [-0.2, -0.15) is 0 Å². The molecule has 4 rings (SSSR count). The normalized spacial score (nSPS) is 10.0. The second kappa shape index (κ2) is 10.4. The molecule has 0 aliphatic rings. The number of hydroxylamine groups is 2. The van der Waals surface area contributed by atoms with Crippen molar-refractivity contribution in [2.75, 3.05) is 0 Å². The quantitative estimate of drug-likeness (QED) is 0.164.